The SMILES string of the molecule is CCCC(CCC)COC(=O)CCC(Br)Br. The van der Waals surface area contributed by atoms with Crippen LogP contribution in [0.4, 0.5) is 0 Å². The summed E-state index contributed by atoms with van der Waals surface area (Å²) >= 11 is 6.68. The Morgan fingerprint density at radius 3 is 2.12 bits per heavy atom. The first-order valence-electron chi connectivity index (χ1n) is 6.03. The third-order valence-electron chi connectivity index (χ3n) is 2.44. The maximum Gasteiger partial charge on any atom is 0.305 e. The molecule has 0 saturated carbocycles. The van der Waals surface area contributed by atoms with Gasteiger partial charge in [0.2, 0.25) is 0 Å². The van der Waals surface area contributed by atoms with Crippen LogP contribution in [0.15, 0.2) is 0 Å². The second kappa shape index (κ2) is 10.6. The van der Waals surface area contributed by atoms with Crippen LogP contribution in [-0.4, -0.2) is 16.3 Å². The second-order valence-electron chi connectivity index (χ2n) is 4.06. The second-order valence-corrected chi connectivity index (χ2v) is 7.50. The number of carbonyl (C=O) groups is 1. The highest BCUT2D eigenvalue weighted by Gasteiger charge is 2.11. The van der Waals surface area contributed by atoms with E-state index in [2.05, 4.69) is 45.7 Å². The molecule has 0 N–H and O–H groups in total. The van der Waals surface area contributed by atoms with E-state index in [1.807, 2.05) is 0 Å². The summed E-state index contributed by atoms with van der Waals surface area (Å²) in [7, 11) is 0. The molecule has 0 radical (unpaired) electrons. The van der Waals surface area contributed by atoms with E-state index in [0.717, 1.165) is 32.1 Å². The van der Waals surface area contributed by atoms with E-state index in [-0.39, 0.29) is 9.71 Å². The monoisotopic (exact) mass is 356 g/mol. The number of hydrogen-bond donors (Lipinski definition) is 0. The summed E-state index contributed by atoms with van der Waals surface area (Å²) in [5.41, 5.74) is 0. The first-order valence-corrected chi connectivity index (χ1v) is 7.87. The number of esters is 1. The van der Waals surface area contributed by atoms with Crippen LogP contribution in [0.3, 0.4) is 0 Å². The normalized spacial score (nSPS) is 11.1. The van der Waals surface area contributed by atoms with Gasteiger partial charge in [-0.15, -0.1) is 0 Å². The summed E-state index contributed by atoms with van der Waals surface area (Å²) in [6.45, 7) is 4.94. The van der Waals surface area contributed by atoms with Crippen molar-refractivity contribution < 1.29 is 9.53 Å². The molecule has 0 aliphatic heterocycles. The molecule has 0 fully saturated rings. The quantitative estimate of drug-likeness (QED) is 0.443. The molecule has 0 aromatic rings. The molecule has 0 bridgehead atoms. The Bertz CT molecular complexity index is 178. The van der Waals surface area contributed by atoms with Gasteiger partial charge >= 0.3 is 5.97 Å². The Morgan fingerprint density at radius 2 is 1.69 bits per heavy atom. The molecule has 0 amide bonds. The van der Waals surface area contributed by atoms with Gasteiger partial charge in [0.05, 0.1) is 10.3 Å². The number of rotatable bonds is 9. The van der Waals surface area contributed by atoms with Crippen molar-refractivity contribution in [1.29, 1.82) is 0 Å². The lowest BCUT2D eigenvalue weighted by Crippen LogP contribution is -2.14. The summed E-state index contributed by atoms with van der Waals surface area (Å²) in [5.74, 6) is 0.462. The number of carbonyl (C=O) groups excluding carboxylic acids is 1. The van der Waals surface area contributed by atoms with Crippen molar-refractivity contribution >= 4 is 37.8 Å². The van der Waals surface area contributed by atoms with Gasteiger partial charge in [-0.05, 0) is 25.2 Å². The predicted molar refractivity (Wildman–Crippen MR) is 75.1 cm³/mol. The summed E-state index contributed by atoms with van der Waals surface area (Å²) in [4.78, 5) is 11.4. The summed E-state index contributed by atoms with van der Waals surface area (Å²) in [6, 6.07) is 0. The molecule has 16 heavy (non-hydrogen) atoms. The van der Waals surface area contributed by atoms with Gasteiger partial charge in [0.25, 0.3) is 0 Å². The van der Waals surface area contributed by atoms with Crippen molar-refractivity contribution in [3.63, 3.8) is 0 Å². The Morgan fingerprint density at radius 1 is 1.12 bits per heavy atom. The molecule has 0 unspecified atom stereocenters. The van der Waals surface area contributed by atoms with E-state index in [1.165, 1.54) is 0 Å². The molecule has 0 heterocycles. The zero-order chi connectivity index (χ0) is 12.4. The molecule has 0 aliphatic rings. The van der Waals surface area contributed by atoms with E-state index in [9.17, 15) is 4.79 Å². The van der Waals surface area contributed by atoms with Gasteiger partial charge in [0, 0.05) is 6.42 Å². The highest BCUT2D eigenvalue weighted by Crippen LogP contribution is 2.17. The van der Waals surface area contributed by atoms with E-state index < -0.39 is 0 Å². The van der Waals surface area contributed by atoms with Crippen LogP contribution >= 0.6 is 31.9 Å². The first-order chi connectivity index (χ1) is 7.60. The van der Waals surface area contributed by atoms with Gasteiger partial charge in [0.15, 0.2) is 0 Å². The predicted octanol–water partition coefficient (Wildman–Crippen LogP) is 4.64. The number of ether oxygens (including phenoxy) is 1. The van der Waals surface area contributed by atoms with Gasteiger partial charge in [-0.25, -0.2) is 0 Å². The smallest absolute Gasteiger partial charge is 0.305 e. The van der Waals surface area contributed by atoms with Gasteiger partial charge < -0.3 is 4.74 Å². The maximum atomic E-state index is 11.4. The van der Waals surface area contributed by atoms with Crippen molar-refractivity contribution in [3.05, 3.63) is 0 Å². The Kier molecular flexibility index (Phi) is 10.9. The molecule has 0 aromatic carbocycles. The highest BCUT2D eigenvalue weighted by molar-refractivity contribution is 9.24. The molecule has 96 valence electrons. The van der Waals surface area contributed by atoms with Crippen LogP contribution in [0.1, 0.15) is 52.4 Å². The van der Waals surface area contributed by atoms with Gasteiger partial charge in [-0.1, -0.05) is 58.5 Å². The average Bonchev–Trinajstić information content (AvgIpc) is 2.23. The molecule has 0 rings (SSSR count). The molecule has 2 nitrogen and oxygen atoms in total. The average molecular weight is 358 g/mol. The summed E-state index contributed by atoms with van der Waals surface area (Å²) in [6.07, 6.45) is 5.87. The van der Waals surface area contributed by atoms with E-state index in [1.54, 1.807) is 0 Å². The number of halogens is 2. The Balaban J connectivity index is 3.68. The molecule has 0 saturated heterocycles. The van der Waals surface area contributed by atoms with E-state index in [0.29, 0.717) is 18.9 Å². The fraction of sp³-hybridized carbons (Fsp3) is 0.917. The van der Waals surface area contributed by atoms with E-state index >= 15 is 0 Å². The molecule has 0 aliphatic carbocycles. The minimum atomic E-state index is -0.0823. The van der Waals surface area contributed by atoms with Crippen LogP contribution in [0, 0.1) is 5.92 Å². The van der Waals surface area contributed by atoms with Crippen molar-refractivity contribution in [1.82, 2.24) is 0 Å². The fourth-order valence-electron chi connectivity index (χ4n) is 1.64. The standard InChI is InChI=1S/C12H22Br2O2/c1-3-5-10(6-4-2)9-16-12(15)8-7-11(13)14/h10-11H,3-9H2,1-2H3. The van der Waals surface area contributed by atoms with Crippen molar-refractivity contribution in [2.24, 2.45) is 5.92 Å². The fourth-order valence-corrected chi connectivity index (χ4v) is 2.10. The molecular weight excluding hydrogens is 336 g/mol. The number of alkyl halides is 2. The van der Waals surface area contributed by atoms with Crippen LogP contribution in [0.5, 0.6) is 0 Å². The zero-order valence-electron chi connectivity index (χ0n) is 10.2. The minimum absolute atomic E-state index is 0.0823. The van der Waals surface area contributed by atoms with E-state index in [4.69, 9.17) is 4.74 Å². The Labute approximate surface area is 116 Å². The van der Waals surface area contributed by atoms with Crippen LogP contribution in [-0.2, 0) is 9.53 Å². The molecule has 0 atom stereocenters. The molecule has 0 spiro atoms. The van der Waals surface area contributed by atoms with Crippen LogP contribution < -0.4 is 0 Å². The van der Waals surface area contributed by atoms with Crippen LogP contribution in [0.25, 0.3) is 0 Å². The maximum absolute atomic E-state index is 11.4. The van der Waals surface area contributed by atoms with Gasteiger partial charge in [-0.2, -0.15) is 0 Å². The first kappa shape index (κ1) is 16.4. The molecular formula is C12H22Br2O2. The van der Waals surface area contributed by atoms with Crippen molar-refractivity contribution in [2.45, 2.75) is 56.1 Å². The lowest BCUT2D eigenvalue weighted by molar-refractivity contribution is -0.145. The zero-order valence-corrected chi connectivity index (χ0v) is 13.3. The van der Waals surface area contributed by atoms with Crippen molar-refractivity contribution in [2.75, 3.05) is 6.61 Å². The largest absolute Gasteiger partial charge is 0.465 e. The minimum Gasteiger partial charge on any atom is -0.465 e. The summed E-state index contributed by atoms with van der Waals surface area (Å²) in [5, 5.41) is 0. The summed E-state index contributed by atoms with van der Waals surface area (Å²) < 4.78 is 5.48. The van der Waals surface area contributed by atoms with Gasteiger partial charge in [-0.3, -0.25) is 4.79 Å². The third-order valence-corrected chi connectivity index (χ3v) is 3.36. The lowest BCUT2D eigenvalue weighted by atomic mass is 9.99. The lowest BCUT2D eigenvalue weighted by Gasteiger charge is -2.15. The number of hydrogen-bond acceptors (Lipinski definition) is 2. The molecule has 0 aromatic heterocycles. The topological polar surface area (TPSA) is 26.3 Å². The van der Waals surface area contributed by atoms with Gasteiger partial charge in [0.1, 0.15) is 0 Å². The third kappa shape index (κ3) is 9.64. The highest BCUT2D eigenvalue weighted by atomic mass is 79.9. The van der Waals surface area contributed by atoms with Crippen molar-refractivity contribution in [3.8, 4) is 0 Å². The molecule has 4 heteroatoms. The van der Waals surface area contributed by atoms with Crippen LogP contribution in [0.2, 0.25) is 0 Å². The Hall–Kier alpha value is 0.430.